The fraction of sp³-hybridized carbons (Fsp3) is 0.364. The second-order valence-electron chi connectivity index (χ2n) is 7.91. The van der Waals surface area contributed by atoms with Gasteiger partial charge in [0.1, 0.15) is 0 Å². The van der Waals surface area contributed by atoms with Crippen molar-refractivity contribution < 1.29 is 4.79 Å². The molecule has 0 radical (unpaired) electrons. The smallest absolute Gasteiger partial charge is 0.249 e. The number of carbonyl (C=O) groups is 1. The van der Waals surface area contributed by atoms with Gasteiger partial charge in [-0.1, -0.05) is 74.5 Å². The van der Waals surface area contributed by atoms with Crippen LogP contribution in [0.15, 0.2) is 60.7 Å². The highest BCUT2D eigenvalue weighted by molar-refractivity contribution is 5.81. The Morgan fingerprint density at radius 3 is 2.34 bits per heavy atom. The van der Waals surface area contributed by atoms with Gasteiger partial charge in [-0.25, -0.2) is 0 Å². The van der Waals surface area contributed by atoms with E-state index < -0.39 is 6.04 Å². The summed E-state index contributed by atoms with van der Waals surface area (Å²) in [4.78, 5) is 16.7. The number of rotatable bonds is 5. The van der Waals surface area contributed by atoms with Gasteiger partial charge in [0.25, 0.3) is 0 Å². The molecule has 2 N–H and O–H groups in total. The molecule has 0 aliphatic carbocycles. The third kappa shape index (κ3) is 3.91. The van der Waals surface area contributed by atoms with E-state index in [1.165, 1.54) is 10.4 Å². The van der Waals surface area contributed by atoms with E-state index in [4.69, 9.17) is 5.73 Å². The number of nitrogens with zero attached hydrogens (tertiary/aromatic N) is 5. The van der Waals surface area contributed by atoms with Gasteiger partial charge in [-0.05, 0) is 16.7 Å². The van der Waals surface area contributed by atoms with Crippen molar-refractivity contribution in [3.63, 3.8) is 0 Å². The molecular formula is C22H26N6O. The Bertz CT molecular complexity index is 956. The summed E-state index contributed by atoms with van der Waals surface area (Å²) in [5.74, 6) is 0.666. The van der Waals surface area contributed by atoms with Crippen LogP contribution >= 0.6 is 0 Å². The summed E-state index contributed by atoms with van der Waals surface area (Å²) in [7, 11) is 0. The Morgan fingerprint density at radius 1 is 1.03 bits per heavy atom. The molecule has 2 heterocycles. The van der Waals surface area contributed by atoms with E-state index in [9.17, 15) is 4.79 Å². The number of hydrogen-bond donors (Lipinski definition) is 1. The van der Waals surface area contributed by atoms with E-state index in [2.05, 4.69) is 27.5 Å². The number of tetrazole rings is 1. The number of benzene rings is 2. The Morgan fingerprint density at radius 2 is 1.69 bits per heavy atom. The van der Waals surface area contributed by atoms with E-state index in [0.717, 1.165) is 5.56 Å². The highest BCUT2D eigenvalue weighted by atomic mass is 16.2. The van der Waals surface area contributed by atoms with Crippen molar-refractivity contribution >= 4 is 5.91 Å². The number of aromatic nitrogens is 4. The van der Waals surface area contributed by atoms with Gasteiger partial charge in [0.05, 0.1) is 0 Å². The first-order valence-electron chi connectivity index (χ1n) is 9.99. The maximum absolute atomic E-state index is 13.4. The lowest BCUT2D eigenvalue weighted by Crippen LogP contribution is -2.40. The van der Waals surface area contributed by atoms with Crippen LogP contribution in [-0.4, -0.2) is 50.1 Å². The Labute approximate surface area is 170 Å². The number of nitrogens with two attached hydrogens (primary N) is 1. The van der Waals surface area contributed by atoms with E-state index in [0.29, 0.717) is 18.9 Å². The summed E-state index contributed by atoms with van der Waals surface area (Å²) in [5.41, 5.74) is 8.43. The molecule has 4 rings (SSSR count). The maximum Gasteiger partial charge on any atom is 0.249 e. The number of likely N-dealkylation sites (tertiary alicyclic amines) is 1. The molecule has 0 saturated carbocycles. The number of carbonyl (C=O) groups excluding carboxylic acids is 1. The van der Waals surface area contributed by atoms with Crippen LogP contribution in [0, 0.1) is 5.92 Å². The largest absolute Gasteiger partial charge is 0.339 e. The van der Waals surface area contributed by atoms with Gasteiger partial charge in [0, 0.05) is 30.6 Å². The molecule has 1 aliphatic rings. The van der Waals surface area contributed by atoms with Crippen LogP contribution in [0.2, 0.25) is 0 Å². The molecule has 1 unspecified atom stereocenters. The first-order valence-corrected chi connectivity index (χ1v) is 9.99. The normalized spacial score (nSPS) is 20.2. The fourth-order valence-electron chi connectivity index (χ4n) is 3.95. The third-order valence-corrected chi connectivity index (χ3v) is 5.50. The minimum atomic E-state index is -0.512. The van der Waals surface area contributed by atoms with Gasteiger partial charge >= 0.3 is 0 Å². The van der Waals surface area contributed by atoms with Crippen LogP contribution < -0.4 is 5.73 Å². The van der Waals surface area contributed by atoms with Gasteiger partial charge in [-0.2, -0.15) is 4.80 Å². The van der Waals surface area contributed by atoms with Crippen molar-refractivity contribution in [1.82, 2.24) is 25.1 Å². The molecule has 7 heteroatoms. The summed E-state index contributed by atoms with van der Waals surface area (Å²) in [6.07, 6.45) is 0. The minimum absolute atomic E-state index is 0.00843. The SMILES string of the molecule is CC(C)C(C(=O)N1C[C@@H](N)[C@H](c2ccccc2)C1)n1nnc(-c2ccccc2)n1. The predicted molar refractivity (Wildman–Crippen MR) is 111 cm³/mol. The average molecular weight is 390 g/mol. The number of hydrogen-bond acceptors (Lipinski definition) is 5. The van der Waals surface area contributed by atoms with Crippen molar-refractivity contribution in [1.29, 1.82) is 0 Å². The molecule has 150 valence electrons. The molecule has 0 spiro atoms. The lowest BCUT2D eigenvalue weighted by molar-refractivity contribution is -0.135. The molecule has 1 fully saturated rings. The first-order chi connectivity index (χ1) is 14.0. The van der Waals surface area contributed by atoms with E-state index >= 15 is 0 Å². The molecule has 1 aromatic heterocycles. The predicted octanol–water partition coefficient (Wildman–Crippen LogP) is 2.49. The number of amides is 1. The molecule has 1 amide bonds. The second-order valence-corrected chi connectivity index (χ2v) is 7.91. The van der Waals surface area contributed by atoms with Crippen LogP contribution in [0.5, 0.6) is 0 Å². The Kier molecular flexibility index (Phi) is 5.40. The first kappa shape index (κ1) is 19.3. The maximum atomic E-state index is 13.4. The molecule has 3 aromatic rings. The van der Waals surface area contributed by atoms with Gasteiger partial charge in [0.15, 0.2) is 6.04 Å². The fourth-order valence-corrected chi connectivity index (χ4v) is 3.95. The van der Waals surface area contributed by atoms with Gasteiger partial charge in [-0.3, -0.25) is 4.79 Å². The van der Waals surface area contributed by atoms with Crippen molar-refractivity contribution in [3.8, 4) is 11.4 Å². The monoisotopic (exact) mass is 390 g/mol. The van der Waals surface area contributed by atoms with E-state index in [-0.39, 0.29) is 23.8 Å². The molecule has 1 saturated heterocycles. The highest BCUT2D eigenvalue weighted by Crippen LogP contribution is 2.29. The lowest BCUT2D eigenvalue weighted by atomic mass is 9.95. The van der Waals surface area contributed by atoms with Crippen molar-refractivity contribution in [2.75, 3.05) is 13.1 Å². The van der Waals surface area contributed by atoms with Crippen molar-refractivity contribution in [3.05, 3.63) is 66.2 Å². The van der Waals surface area contributed by atoms with E-state index in [1.807, 2.05) is 67.3 Å². The lowest BCUT2D eigenvalue weighted by Gasteiger charge is -2.25. The van der Waals surface area contributed by atoms with Crippen LogP contribution in [0.25, 0.3) is 11.4 Å². The molecular weight excluding hydrogens is 364 g/mol. The second kappa shape index (κ2) is 8.13. The summed E-state index contributed by atoms with van der Waals surface area (Å²) in [5, 5.41) is 12.9. The summed E-state index contributed by atoms with van der Waals surface area (Å²) >= 11 is 0. The van der Waals surface area contributed by atoms with Crippen molar-refractivity contribution in [2.24, 2.45) is 11.7 Å². The third-order valence-electron chi connectivity index (χ3n) is 5.50. The van der Waals surface area contributed by atoms with Gasteiger partial charge < -0.3 is 10.6 Å². The molecule has 0 bridgehead atoms. The quantitative estimate of drug-likeness (QED) is 0.723. The zero-order chi connectivity index (χ0) is 20.4. The van der Waals surface area contributed by atoms with Gasteiger partial charge in [0.2, 0.25) is 11.7 Å². The summed E-state index contributed by atoms with van der Waals surface area (Å²) in [6, 6.07) is 19.2. The zero-order valence-corrected chi connectivity index (χ0v) is 16.7. The Balaban J connectivity index is 1.55. The van der Waals surface area contributed by atoms with Crippen LogP contribution in [0.1, 0.15) is 31.4 Å². The molecule has 2 aromatic carbocycles. The van der Waals surface area contributed by atoms with Crippen LogP contribution in [-0.2, 0) is 4.79 Å². The highest BCUT2D eigenvalue weighted by Gasteiger charge is 2.38. The Hall–Kier alpha value is -3.06. The summed E-state index contributed by atoms with van der Waals surface area (Å²) < 4.78 is 0. The molecule has 3 atom stereocenters. The van der Waals surface area contributed by atoms with E-state index in [1.54, 1.807) is 0 Å². The molecule has 7 nitrogen and oxygen atoms in total. The van der Waals surface area contributed by atoms with Crippen LogP contribution in [0.4, 0.5) is 0 Å². The molecule has 29 heavy (non-hydrogen) atoms. The zero-order valence-electron chi connectivity index (χ0n) is 16.7. The topological polar surface area (TPSA) is 89.9 Å². The van der Waals surface area contributed by atoms with Gasteiger partial charge in [-0.15, -0.1) is 10.2 Å². The molecule has 1 aliphatic heterocycles. The summed E-state index contributed by atoms with van der Waals surface area (Å²) in [6.45, 7) is 5.13. The minimum Gasteiger partial charge on any atom is -0.339 e. The standard InChI is InChI=1S/C22H26N6O/c1-15(2)20(28-25-21(24-26-28)17-11-7-4-8-12-17)22(29)27-13-18(19(23)14-27)16-9-5-3-6-10-16/h3-12,15,18-20H,13-14,23H2,1-2H3/t18-,19+,20?/m0/s1. The van der Waals surface area contributed by atoms with Crippen molar-refractivity contribution in [2.45, 2.75) is 31.8 Å². The van der Waals surface area contributed by atoms with Crippen LogP contribution in [0.3, 0.4) is 0 Å². The average Bonchev–Trinajstić information content (AvgIpc) is 3.36.